The molecule has 2 heterocycles. The Bertz CT molecular complexity index is 424. The summed E-state index contributed by atoms with van der Waals surface area (Å²) >= 11 is 0. The third kappa shape index (κ3) is 2.78. The van der Waals surface area contributed by atoms with Crippen LogP contribution in [0.4, 0.5) is 0 Å². The van der Waals surface area contributed by atoms with Gasteiger partial charge in [0.1, 0.15) is 6.54 Å². The van der Waals surface area contributed by atoms with Crippen LogP contribution < -0.4 is 5.32 Å². The van der Waals surface area contributed by atoms with E-state index in [1.54, 1.807) is 4.90 Å². The van der Waals surface area contributed by atoms with Crippen LogP contribution in [0.1, 0.15) is 10.5 Å². The zero-order valence-electron chi connectivity index (χ0n) is 9.17. The van der Waals surface area contributed by atoms with E-state index in [4.69, 9.17) is 5.11 Å². The van der Waals surface area contributed by atoms with Gasteiger partial charge in [-0.05, 0) is 0 Å². The maximum atomic E-state index is 11.8. The normalized spacial score (nSPS) is 15.9. The Morgan fingerprint density at radius 3 is 2.71 bits per heavy atom. The highest BCUT2D eigenvalue weighted by molar-refractivity contribution is 5.84. The fourth-order valence-electron chi connectivity index (χ4n) is 1.63. The number of carbonyl (C=O) groups excluding carboxylic acids is 1. The zero-order chi connectivity index (χ0) is 12.3. The van der Waals surface area contributed by atoms with E-state index in [0.29, 0.717) is 13.1 Å². The number of carbonyl (C=O) groups is 2. The molecule has 0 saturated carbocycles. The van der Waals surface area contributed by atoms with Gasteiger partial charge in [-0.15, -0.1) is 5.10 Å². The quantitative estimate of drug-likeness (QED) is 0.659. The second-order valence-electron chi connectivity index (χ2n) is 3.74. The molecule has 0 aromatic carbocycles. The Morgan fingerprint density at radius 1 is 1.41 bits per heavy atom. The lowest BCUT2D eigenvalue weighted by Gasteiger charge is -2.27. The second-order valence-corrected chi connectivity index (χ2v) is 3.74. The number of aromatic carboxylic acids is 1. The summed E-state index contributed by atoms with van der Waals surface area (Å²) in [6.45, 7) is 2.92. The van der Waals surface area contributed by atoms with Crippen molar-refractivity contribution in [1.29, 1.82) is 0 Å². The summed E-state index contributed by atoms with van der Waals surface area (Å²) in [5.74, 6) is -1.22. The molecule has 1 aliphatic rings. The van der Waals surface area contributed by atoms with Crippen molar-refractivity contribution in [2.45, 2.75) is 6.54 Å². The standard InChI is InChI=1S/C9H13N5O3/c15-8(13-3-1-10-2-4-13)6-14-5-7(9(16)17)11-12-14/h5,10H,1-4,6H2,(H,16,17). The average Bonchev–Trinajstić information content (AvgIpc) is 2.79. The van der Waals surface area contributed by atoms with Gasteiger partial charge in [-0.1, -0.05) is 5.21 Å². The first-order valence-electron chi connectivity index (χ1n) is 5.29. The second kappa shape index (κ2) is 4.91. The molecule has 0 unspecified atom stereocenters. The highest BCUT2D eigenvalue weighted by Crippen LogP contribution is 1.98. The van der Waals surface area contributed by atoms with Gasteiger partial charge in [0, 0.05) is 26.2 Å². The predicted octanol–water partition coefficient (Wildman–Crippen LogP) is -1.59. The van der Waals surface area contributed by atoms with E-state index in [1.807, 2.05) is 0 Å². The molecule has 2 rings (SSSR count). The van der Waals surface area contributed by atoms with Gasteiger partial charge in [-0.3, -0.25) is 4.79 Å². The molecule has 0 aliphatic carbocycles. The molecule has 0 atom stereocenters. The molecule has 0 radical (unpaired) electrons. The Labute approximate surface area is 97.2 Å². The van der Waals surface area contributed by atoms with Crippen LogP contribution in [0.5, 0.6) is 0 Å². The van der Waals surface area contributed by atoms with Crippen LogP contribution >= 0.6 is 0 Å². The first-order chi connectivity index (χ1) is 8.16. The first kappa shape index (κ1) is 11.5. The van der Waals surface area contributed by atoms with Crippen LogP contribution in [0.15, 0.2) is 6.20 Å². The highest BCUT2D eigenvalue weighted by Gasteiger charge is 2.17. The maximum Gasteiger partial charge on any atom is 0.358 e. The van der Waals surface area contributed by atoms with Crippen LogP contribution in [0.3, 0.4) is 0 Å². The van der Waals surface area contributed by atoms with Crippen molar-refractivity contribution in [2.24, 2.45) is 0 Å². The van der Waals surface area contributed by atoms with E-state index in [9.17, 15) is 9.59 Å². The van der Waals surface area contributed by atoms with E-state index in [-0.39, 0.29) is 18.1 Å². The number of nitrogens with one attached hydrogen (secondary N) is 1. The van der Waals surface area contributed by atoms with E-state index >= 15 is 0 Å². The van der Waals surface area contributed by atoms with Crippen LogP contribution in [-0.4, -0.2) is 63.1 Å². The lowest BCUT2D eigenvalue weighted by Crippen LogP contribution is -2.47. The lowest BCUT2D eigenvalue weighted by molar-refractivity contribution is -0.132. The fraction of sp³-hybridized carbons (Fsp3) is 0.556. The molecule has 17 heavy (non-hydrogen) atoms. The SMILES string of the molecule is O=C(O)c1cn(CC(=O)N2CCNCC2)nn1. The molecule has 1 saturated heterocycles. The summed E-state index contributed by atoms with van der Waals surface area (Å²) in [5, 5.41) is 18.8. The number of hydrogen-bond donors (Lipinski definition) is 2. The number of piperazine rings is 1. The molecule has 92 valence electrons. The average molecular weight is 239 g/mol. The Balaban J connectivity index is 1.94. The number of amides is 1. The van der Waals surface area contributed by atoms with Gasteiger partial charge in [0.25, 0.3) is 0 Å². The van der Waals surface area contributed by atoms with Crippen molar-refractivity contribution in [3.05, 3.63) is 11.9 Å². The van der Waals surface area contributed by atoms with Crippen molar-refractivity contribution in [1.82, 2.24) is 25.2 Å². The number of carboxylic acids is 1. The molecule has 2 N–H and O–H groups in total. The van der Waals surface area contributed by atoms with Crippen molar-refractivity contribution in [3.8, 4) is 0 Å². The number of carboxylic acid groups (broad SMARTS) is 1. The largest absolute Gasteiger partial charge is 0.476 e. The van der Waals surface area contributed by atoms with Gasteiger partial charge < -0.3 is 15.3 Å². The third-order valence-electron chi connectivity index (χ3n) is 2.52. The van der Waals surface area contributed by atoms with Crippen LogP contribution in [-0.2, 0) is 11.3 Å². The summed E-state index contributed by atoms with van der Waals surface area (Å²) in [5.41, 5.74) is -0.155. The van der Waals surface area contributed by atoms with Gasteiger partial charge in [0.05, 0.1) is 6.20 Å². The van der Waals surface area contributed by atoms with Crippen molar-refractivity contribution >= 4 is 11.9 Å². The molecule has 0 spiro atoms. The number of rotatable bonds is 3. The van der Waals surface area contributed by atoms with E-state index < -0.39 is 5.97 Å². The molecule has 1 amide bonds. The number of nitrogens with zero attached hydrogens (tertiary/aromatic N) is 4. The lowest BCUT2D eigenvalue weighted by atomic mass is 10.3. The predicted molar refractivity (Wildman–Crippen MR) is 56.4 cm³/mol. The monoisotopic (exact) mass is 239 g/mol. The summed E-state index contributed by atoms with van der Waals surface area (Å²) in [6.07, 6.45) is 1.25. The van der Waals surface area contributed by atoms with Crippen molar-refractivity contribution in [2.75, 3.05) is 26.2 Å². The zero-order valence-corrected chi connectivity index (χ0v) is 9.17. The summed E-state index contributed by atoms with van der Waals surface area (Å²) < 4.78 is 1.24. The Hall–Kier alpha value is -1.96. The van der Waals surface area contributed by atoms with Crippen LogP contribution in [0.25, 0.3) is 0 Å². The minimum absolute atomic E-state index is 0.0281. The van der Waals surface area contributed by atoms with Gasteiger partial charge in [0.2, 0.25) is 5.91 Å². The van der Waals surface area contributed by atoms with Gasteiger partial charge >= 0.3 is 5.97 Å². The van der Waals surface area contributed by atoms with Gasteiger partial charge in [-0.2, -0.15) is 0 Å². The maximum absolute atomic E-state index is 11.8. The number of hydrogen-bond acceptors (Lipinski definition) is 5. The van der Waals surface area contributed by atoms with E-state index in [0.717, 1.165) is 13.1 Å². The minimum Gasteiger partial charge on any atom is -0.476 e. The molecule has 1 aliphatic heterocycles. The van der Waals surface area contributed by atoms with Gasteiger partial charge in [0.15, 0.2) is 5.69 Å². The highest BCUT2D eigenvalue weighted by atomic mass is 16.4. The topological polar surface area (TPSA) is 100 Å². The molecule has 8 heteroatoms. The Kier molecular flexibility index (Phi) is 3.33. The third-order valence-corrected chi connectivity index (χ3v) is 2.52. The molecule has 0 bridgehead atoms. The van der Waals surface area contributed by atoms with Gasteiger partial charge in [-0.25, -0.2) is 9.48 Å². The summed E-state index contributed by atoms with van der Waals surface area (Å²) in [7, 11) is 0. The molecular weight excluding hydrogens is 226 g/mol. The summed E-state index contributed by atoms with van der Waals surface area (Å²) in [4.78, 5) is 24.1. The van der Waals surface area contributed by atoms with E-state index in [2.05, 4.69) is 15.6 Å². The van der Waals surface area contributed by atoms with E-state index in [1.165, 1.54) is 10.9 Å². The molecule has 1 aromatic heterocycles. The smallest absolute Gasteiger partial charge is 0.358 e. The number of aromatic nitrogens is 3. The molecular formula is C9H13N5O3. The molecule has 1 aromatic rings. The fourth-order valence-corrected chi connectivity index (χ4v) is 1.63. The van der Waals surface area contributed by atoms with Crippen molar-refractivity contribution < 1.29 is 14.7 Å². The minimum atomic E-state index is -1.15. The summed E-state index contributed by atoms with van der Waals surface area (Å²) in [6, 6.07) is 0. The molecule has 1 fully saturated rings. The van der Waals surface area contributed by atoms with Crippen LogP contribution in [0.2, 0.25) is 0 Å². The van der Waals surface area contributed by atoms with Crippen molar-refractivity contribution in [3.63, 3.8) is 0 Å². The molecule has 8 nitrogen and oxygen atoms in total. The first-order valence-corrected chi connectivity index (χ1v) is 5.29. The Morgan fingerprint density at radius 2 is 2.12 bits per heavy atom. The van der Waals surface area contributed by atoms with Crippen LogP contribution in [0, 0.1) is 0 Å².